The number of hydrogen-bond donors (Lipinski definition) is 0. The fourth-order valence-corrected chi connectivity index (χ4v) is 6.78. The van der Waals surface area contributed by atoms with Gasteiger partial charge in [-0.2, -0.15) is 10.1 Å². The molecule has 0 radical (unpaired) electrons. The van der Waals surface area contributed by atoms with Crippen LogP contribution in [0.25, 0.3) is 16.3 Å². The van der Waals surface area contributed by atoms with Gasteiger partial charge in [0.25, 0.3) is 0 Å². The lowest BCUT2D eigenvalue weighted by atomic mass is 9.75. The maximum atomic E-state index is 13.8. The smallest absolute Gasteiger partial charge is 0.213 e. The van der Waals surface area contributed by atoms with Crippen LogP contribution in [0.4, 0.5) is 10.2 Å². The van der Waals surface area contributed by atoms with Crippen molar-refractivity contribution in [3.05, 3.63) is 42.0 Å². The highest BCUT2D eigenvalue weighted by molar-refractivity contribution is 8.01. The predicted molar refractivity (Wildman–Crippen MR) is 135 cm³/mol. The van der Waals surface area contributed by atoms with E-state index < -0.39 is 0 Å². The normalized spacial score (nSPS) is 15.7. The van der Waals surface area contributed by atoms with E-state index in [1.807, 2.05) is 35.6 Å². The minimum atomic E-state index is -0.236. The predicted octanol–water partition coefficient (Wildman–Crippen LogP) is 7.21. The Balaban J connectivity index is 1.64. The lowest BCUT2D eigenvalue weighted by Gasteiger charge is -2.39. The summed E-state index contributed by atoms with van der Waals surface area (Å²) in [7, 11) is 0. The van der Waals surface area contributed by atoms with E-state index in [0.29, 0.717) is 10.7 Å². The third kappa shape index (κ3) is 5.04. The Bertz CT molecular complexity index is 1070. The summed E-state index contributed by atoms with van der Waals surface area (Å²) in [5, 5.41) is 6.07. The van der Waals surface area contributed by atoms with Gasteiger partial charge in [-0.15, -0.1) is 11.8 Å². The number of anilines is 1. The molecule has 1 saturated heterocycles. The zero-order chi connectivity index (χ0) is 23.0. The van der Waals surface area contributed by atoms with Crippen molar-refractivity contribution in [1.29, 1.82) is 0 Å². The summed E-state index contributed by atoms with van der Waals surface area (Å²) in [4.78, 5) is 7.52. The summed E-state index contributed by atoms with van der Waals surface area (Å²) in [6, 6.07) is 6.68. The van der Waals surface area contributed by atoms with Crippen LogP contribution in [0.5, 0.6) is 0 Å². The molecule has 0 unspecified atom stereocenters. The third-order valence-corrected chi connectivity index (χ3v) is 8.40. The number of nitrogens with zero attached hydrogens (tertiary/aromatic N) is 4. The highest BCUT2D eigenvalue weighted by Gasteiger charge is 2.31. The molecule has 0 amide bonds. The number of aromatic nitrogens is 3. The Morgan fingerprint density at radius 2 is 1.91 bits per heavy atom. The van der Waals surface area contributed by atoms with Gasteiger partial charge in [-0.25, -0.2) is 9.07 Å². The SMILES string of the molecule is Cc1nn(-c2nc(N3CCC(C(C)(C)C)CC3)c(SC(C)C)s2)cc1-c1cccc(F)c1. The molecule has 0 spiro atoms. The standard InChI is InChI=1S/C25H33FN4S2/c1-16(2)31-23-22(29-12-10-19(11-13-29)25(4,5)6)27-24(32-23)30-15-21(17(3)28-30)18-8-7-9-20(26)14-18/h7-9,14-16,19H,10-13H2,1-6H3. The van der Waals surface area contributed by atoms with Gasteiger partial charge in [-0.3, -0.25) is 0 Å². The summed E-state index contributed by atoms with van der Waals surface area (Å²) in [5.41, 5.74) is 3.00. The number of benzene rings is 1. The average molecular weight is 473 g/mol. The van der Waals surface area contributed by atoms with Crippen LogP contribution in [0, 0.1) is 24.1 Å². The summed E-state index contributed by atoms with van der Waals surface area (Å²) in [5.74, 6) is 1.61. The van der Waals surface area contributed by atoms with Crippen LogP contribution in [0.2, 0.25) is 0 Å². The molecule has 0 aliphatic carbocycles. The van der Waals surface area contributed by atoms with Gasteiger partial charge >= 0.3 is 0 Å². The van der Waals surface area contributed by atoms with Crippen LogP contribution in [0.15, 0.2) is 34.7 Å². The van der Waals surface area contributed by atoms with Gasteiger partial charge in [-0.05, 0) is 48.8 Å². The molecule has 0 saturated carbocycles. The summed E-state index contributed by atoms with van der Waals surface area (Å²) in [6.45, 7) is 15.6. The van der Waals surface area contributed by atoms with Gasteiger partial charge in [-0.1, -0.05) is 58.1 Å². The van der Waals surface area contributed by atoms with Crippen LogP contribution in [0.3, 0.4) is 0 Å². The molecular formula is C25H33FN4S2. The first kappa shape index (κ1) is 23.3. The molecule has 3 aromatic rings. The molecule has 4 nitrogen and oxygen atoms in total. The summed E-state index contributed by atoms with van der Waals surface area (Å²) in [6.07, 6.45) is 4.38. The van der Waals surface area contributed by atoms with E-state index >= 15 is 0 Å². The van der Waals surface area contributed by atoms with E-state index in [1.165, 1.54) is 23.1 Å². The summed E-state index contributed by atoms with van der Waals surface area (Å²) >= 11 is 3.57. The van der Waals surface area contributed by atoms with Crippen molar-refractivity contribution < 1.29 is 4.39 Å². The number of hydrogen-bond acceptors (Lipinski definition) is 5. The van der Waals surface area contributed by atoms with Crippen molar-refractivity contribution in [3.8, 4) is 16.3 Å². The lowest BCUT2D eigenvalue weighted by Crippen LogP contribution is -2.38. The fourth-order valence-electron chi connectivity index (χ4n) is 4.33. The molecule has 4 rings (SSSR count). The molecular weight excluding hydrogens is 439 g/mol. The fraction of sp³-hybridized carbons (Fsp3) is 0.520. The van der Waals surface area contributed by atoms with Gasteiger partial charge in [0.15, 0.2) is 5.82 Å². The molecule has 1 aliphatic rings. The van der Waals surface area contributed by atoms with E-state index in [-0.39, 0.29) is 5.82 Å². The largest absolute Gasteiger partial charge is 0.355 e. The molecule has 172 valence electrons. The monoisotopic (exact) mass is 472 g/mol. The Labute approximate surface area is 199 Å². The molecule has 0 bridgehead atoms. The molecule has 3 heterocycles. The van der Waals surface area contributed by atoms with Crippen molar-refractivity contribution in [1.82, 2.24) is 14.8 Å². The number of halogens is 1. The molecule has 0 atom stereocenters. The second-order valence-electron chi connectivity index (χ2n) is 9.98. The van der Waals surface area contributed by atoms with E-state index in [1.54, 1.807) is 23.5 Å². The number of thiazole rings is 1. The quantitative estimate of drug-likeness (QED) is 0.368. The van der Waals surface area contributed by atoms with Gasteiger partial charge < -0.3 is 4.90 Å². The Hall–Kier alpha value is -1.86. The first-order valence-electron chi connectivity index (χ1n) is 11.4. The van der Waals surface area contributed by atoms with Gasteiger partial charge in [0.2, 0.25) is 5.13 Å². The second-order valence-corrected chi connectivity index (χ2v) is 12.8. The Morgan fingerprint density at radius 3 is 2.53 bits per heavy atom. The summed E-state index contributed by atoms with van der Waals surface area (Å²) < 4.78 is 16.9. The van der Waals surface area contributed by atoms with Crippen LogP contribution in [-0.2, 0) is 0 Å². The Morgan fingerprint density at radius 1 is 1.19 bits per heavy atom. The first-order chi connectivity index (χ1) is 15.1. The molecule has 1 fully saturated rings. The van der Waals surface area contributed by atoms with E-state index in [2.05, 4.69) is 39.5 Å². The van der Waals surface area contributed by atoms with Crippen molar-refractivity contribution in [3.63, 3.8) is 0 Å². The first-order valence-corrected chi connectivity index (χ1v) is 13.1. The van der Waals surface area contributed by atoms with Gasteiger partial charge in [0.05, 0.1) is 5.69 Å². The van der Waals surface area contributed by atoms with Gasteiger partial charge in [0.1, 0.15) is 10.0 Å². The lowest BCUT2D eigenvalue weighted by molar-refractivity contribution is 0.198. The van der Waals surface area contributed by atoms with E-state index in [0.717, 1.165) is 46.8 Å². The maximum Gasteiger partial charge on any atom is 0.213 e. The van der Waals surface area contributed by atoms with Crippen molar-refractivity contribution in [2.24, 2.45) is 11.3 Å². The van der Waals surface area contributed by atoms with Crippen LogP contribution in [0.1, 0.15) is 53.2 Å². The molecule has 1 aromatic carbocycles. The van der Waals surface area contributed by atoms with Crippen LogP contribution >= 0.6 is 23.1 Å². The minimum Gasteiger partial charge on any atom is -0.355 e. The molecule has 0 N–H and O–H groups in total. The van der Waals surface area contributed by atoms with Crippen molar-refractivity contribution in [2.45, 2.75) is 63.8 Å². The third-order valence-electron chi connectivity index (χ3n) is 6.16. The average Bonchev–Trinajstić information content (AvgIpc) is 3.30. The van der Waals surface area contributed by atoms with Crippen LogP contribution in [-0.4, -0.2) is 33.1 Å². The highest BCUT2D eigenvalue weighted by atomic mass is 32.2. The van der Waals surface area contributed by atoms with Crippen LogP contribution < -0.4 is 4.90 Å². The maximum absolute atomic E-state index is 13.8. The number of aryl methyl sites for hydroxylation is 1. The zero-order valence-corrected chi connectivity index (χ0v) is 21.5. The molecule has 1 aliphatic heterocycles. The minimum absolute atomic E-state index is 0.236. The Kier molecular flexibility index (Phi) is 6.68. The number of piperidine rings is 1. The van der Waals surface area contributed by atoms with Crippen molar-refractivity contribution in [2.75, 3.05) is 18.0 Å². The topological polar surface area (TPSA) is 34.0 Å². The number of thioether (sulfide) groups is 1. The zero-order valence-electron chi connectivity index (χ0n) is 19.9. The molecule has 2 aromatic heterocycles. The van der Waals surface area contributed by atoms with E-state index in [4.69, 9.17) is 10.1 Å². The second kappa shape index (κ2) is 9.18. The highest BCUT2D eigenvalue weighted by Crippen LogP contribution is 2.42. The van der Waals surface area contributed by atoms with Crippen molar-refractivity contribution >= 4 is 28.9 Å². The number of rotatable bonds is 5. The van der Waals surface area contributed by atoms with E-state index in [9.17, 15) is 4.39 Å². The molecule has 32 heavy (non-hydrogen) atoms. The van der Waals surface area contributed by atoms with Gasteiger partial charge in [0, 0.05) is 30.1 Å². The molecule has 7 heteroatoms.